The third-order valence-corrected chi connectivity index (χ3v) is 9.71. The summed E-state index contributed by atoms with van der Waals surface area (Å²) in [6.45, 7) is 11.3. The molecule has 4 aliphatic rings. The molecule has 10 nitrogen and oxygen atoms in total. The minimum absolute atomic E-state index is 0.141. The molecule has 5 atom stereocenters. The average molecular weight is 575 g/mol. The number of rotatable bonds is 9. The van der Waals surface area contributed by atoms with E-state index in [9.17, 15) is 24.0 Å². The summed E-state index contributed by atoms with van der Waals surface area (Å²) < 4.78 is 5.46. The molecule has 10 heteroatoms. The number of ketones is 1. The Morgan fingerprint density at radius 2 is 1.56 bits per heavy atom. The van der Waals surface area contributed by atoms with Crippen molar-refractivity contribution in [3.05, 3.63) is 0 Å². The molecule has 1 spiro atoms. The van der Waals surface area contributed by atoms with Crippen molar-refractivity contribution in [3.63, 3.8) is 0 Å². The van der Waals surface area contributed by atoms with Crippen LogP contribution < -0.4 is 16.4 Å². The summed E-state index contributed by atoms with van der Waals surface area (Å²) >= 11 is 0. The molecule has 0 aromatic rings. The van der Waals surface area contributed by atoms with Gasteiger partial charge in [0.05, 0.1) is 6.04 Å². The number of primary amides is 1. The minimum atomic E-state index is -1.07. The first kappa shape index (κ1) is 31.3. The molecule has 0 aromatic carbocycles. The number of likely N-dealkylation sites (tertiary alicyclic amines) is 1. The van der Waals surface area contributed by atoms with E-state index in [2.05, 4.69) is 10.6 Å². The van der Waals surface area contributed by atoms with Gasteiger partial charge in [0.25, 0.3) is 5.91 Å². The van der Waals surface area contributed by atoms with E-state index in [1.54, 1.807) is 25.7 Å². The monoisotopic (exact) mass is 574 g/mol. The van der Waals surface area contributed by atoms with Gasteiger partial charge in [0.15, 0.2) is 0 Å². The largest absolute Gasteiger partial charge is 0.444 e. The van der Waals surface area contributed by atoms with Crippen LogP contribution in [0.4, 0.5) is 4.79 Å². The van der Waals surface area contributed by atoms with Crippen molar-refractivity contribution in [2.24, 2.45) is 34.3 Å². The topological polar surface area (TPSA) is 148 Å². The Morgan fingerprint density at radius 1 is 0.927 bits per heavy atom. The standard InChI is InChI=1S/C31H50N4O6/c1-29(2,3)24(34-28(40)41-30(4,5)6)27(39)35-17-31(15-20(31)19-12-7-8-13-19)16-22(35)26(38)33-21(23(36)25(32)37)14-18-10-9-11-18/h18-22,24H,7-17H2,1-6H3,(H2,32,37)(H,33,38)(H,34,40)/t20?,21?,22-,24+,31?/m0/s1. The normalized spacial score (nSPS) is 28.1. The van der Waals surface area contributed by atoms with Crippen LogP contribution in [-0.4, -0.2) is 64.8 Å². The number of Topliss-reactive ketones (excluding diaryl/α,β-unsaturated/α-hetero) is 1. The number of amides is 4. The molecule has 3 aliphatic carbocycles. The van der Waals surface area contributed by atoms with Gasteiger partial charge in [-0.3, -0.25) is 19.2 Å². The molecule has 3 unspecified atom stereocenters. The molecule has 1 saturated heterocycles. The molecule has 4 rings (SSSR count). The summed E-state index contributed by atoms with van der Waals surface area (Å²) in [5.41, 5.74) is 3.80. The molecule has 0 aromatic heterocycles. The van der Waals surface area contributed by atoms with Crippen molar-refractivity contribution in [1.29, 1.82) is 0 Å². The van der Waals surface area contributed by atoms with E-state index < -0.39 is 52.8 Å². The molecule has 1 aliphatic heterocycles. The highest BCUT2D eigenvalue weighted by Crippen LogP contribution is 2.65. The molecule has 4 amide bonds. The Kier molecular flexibility index (Phi) is 8.82. The zero-order valence-electron chi connectivity index (χ0n) is 25.7. The number of carbonyl (C=O) groups excluding carboxylic acids is 5. The first-order valence-corrected chi connectivity index (χ1v) is 15.4. The lowest BCUT2D eigenvalue weighted by molar-refractivity contribution is -0.143. The number of ether oxygens (including phenoxy) is 1. The number of carbonyl (C=O) groups is 5. The van der Waals surface area contributed by atoms with E-state index >= 15 is 0 Å². The van der Waals surface area contributed by atoms with Crippen LogP contribution in [0, 0.1) is 28.6 Å². The molecule has 0 radical (unpaired) electrons. The molecule has 3 saturated carbocycles. The van der Waals surface area contributed by atoms with Gasteiger partial charge in [-0.2, -0.15) is 0 Å². The molecule has 4 N–H and O–H groups in total. The summed E-state index contributed by atoms with van der Waals surface area (Å²) in [6, 6.07) is -2.73. The Hall–Kier alpha value is -2.65. The summed E-state index contributed by atoms with van der Waals surface area (Å²) in [5, 5.41) is 5.61. The van der Waals surface area contributed by atoms with Gasteiger partial charge in [0.2, 0.25) is 17.6 Å². The molecule has 41 heavy (non-hydrogen) atoms. The fourth-order valence-corrected chi connectivity index (χ4v) is 7.27. The van der Waals surface area contributed by atoms with E-state index in [1.165, 1.54) is 25.7 Å². The zero-order valence-corrected chi connectivity index (χ0v) is 25.7. The second-order valence-electron chi connectivity index (χ2n) is 15.2. The van der Waals surface area contributed by atoms with Gasteiger partial charge in [-0.1, -0.05) is 65.7 Å². The zero-order chi connectivity index (χ0) is 30.3. The van der Waals surface area contributed by atoms with Crippen molar-refractivity contribution in [2.75, 3.05) is 6.54 Å². The van der Waals surface area contributed by atoms with E-state index in [-0.39, 0.29) is 17.2 Å². The molecule has 1 heterocycles. The number of nitrogens with zero attached hydrogens (tertiary/aromatic N) is 1. The van der Waals surface area contributed by atoms with E-state index in [1.807, 2.05) is 20.8 Å². The van der Waals surface area contributed by atoms with E-state index in [0.29, 0.717) is 31.2 Å². The molecular weight excluding hydrogens is 524 g/mol. The highest BCUT2D eigenvalue weighted by atomic mass is 16.6. The van der Waals surface area contributed by atoms with Gasteiger partial charge in [-0.15, -0.1) is 0 Å². The lowest BCUT2D eigenvalue weighted by Crippen LogP contribution is -2.59. The van der Waals surface area contributed by atoms with Gasteiger partial charge < -0.3 is 26.0 Å². The molecule has 0 bridgehead atoms. The summed E-state index contributed by atoms with van der Waals surface area (Å²) in [4.78, 5) is 67.0. The van der Waals surface area contributed by atoms with Gasteiger partial charge in [0, 0.05) is 6.54 Å². The highest BCUT2D eigenvalue weighted by Gasteiger charge is 2.64. The van der Waals surface area contributed by atoms with Crippen LogP contribution >= 0.6 is 0 Å². The molecule has 230 valence electrons. The second kappa shape index (κ2) is 11.6. The van der Waals surface area contributed by atoms with Gasteiger partial charge in [-0.05, 0) is 68.6 Å². The fraction of sp³-hybridized carbons (Fsp3) is 0.839. The van der Waals surface area contributed by atoms with Gasteiger partial charge >= 0.3 is 6.09 Å². The van der Waals surface area contributed by atoms with Crippen molar-refractivity contribution in [3.8, 4) is 0 Å². The first-order chi connectivity index (χ1) is 19.0. The maximum atomic E-state index is 14.2. The van der Waals surface area contributed by atoms with Crippen LogP contribution in [0.2, 0.25) is 0 Å². The quantitative estimate of drug-likeness (QED) is 0.359. The third kappa shape index (κ3) is 7.23. The summed E-state index contributed by atoms with van der Waals surface area (Å²) in [5.74, 6) is -1.31. The smallest absolute Gasteiger partial charge is 0.408 e. The maximum absolute atomic E-state index is 14.2. The van der Waals surface area contributed by atoms with E-state index in [0.717, 1.165) is 25.7 Å². The van der Waals surface area contributed by atoms with Gasteiger partial charge in [-0.25, -0.2) is 4.79 Å². The van der Waals surface area contributed by atoms with Crippen molar-refractivity contribution in [1.82, 2.24) is 15.5 Å². The average Bonchev–Trinajstić information content (AvgIpc) is 3.16. The fourth-order valence-electron chi connectivity index (χ4n) is 7.27. The van der Waals surface area contributed by atoms with Crippen LogP contribution in [0.1, 0.15) is 106 Å². The number of nitrogens with two attached hydrogens (primary N) is 1. The Morgan fingerprint density at radius 3 is 2.07 bits per heavy atom. The van der Waals surface area contributed by atoms with Crippen LogP contribution in [0.5, 0.6) is 0 Å². The number of hydrogen-bond donors (Lipinski definition) is 3. The van der Waals surface area contributed by atoms with E-state index in [4.69, 9.17) is 10.5 Å². The van der Waals surface area contributed by atoms with Crippen LogP contribution in [0.25, 0.3) is 0 Å². The minimum Gasteiger partial charge on any atom is -0.444 e. The lowest BCUT2D eigenvalue weighted by atomic mass is 9.80. The summed E-state index contributed by atoms with van der Waals surface area (Å²) in [7, 11) is 0. The second-order valence-corrected chi connectivity index (χ2v) is 15.2. The Balaban J connectivity index is 1.58. The lowest BCUT2D eigenvalue weighted by Gasteiger charge is -2.36. The maximum Gasteiger partial charge on any atom is 0.408 e. The number of nitrogens with one attached hydrogen (secondary N) is 2. The predicted molar refractivity (Wildman–Crippen MR) is 153 cm³/mol. The number of alkyl carbamates (subject to hydrolysis) is 1. The molecular formula is C31H50N4O6. The highest BCUT2D eigenvalue weighted by molar-refractivity contribution is 6.37. The van der Waals surface area contributed by atoms with Crippen molar-refractivity contribution in [2.45, 2.75) is 129 Å². The summed E-state index contributed by atoms with van der Waals surface area (Å²) in [6.07, 6.45) is 8.90. The van der Waals surface area contributed by atoms with Crippen molar-refractivity contribution < 1.29 is 28.7 Å². The molecule has 4 fully saturated rings. The third-order valence-electron chi connectivity index (χ3n) is 9.71. The first-order valence-electron chi connectivity index (χ1n) is 15.4. The Labute approximate surface area is 244 Å². The van der Waals surface area contributed by atoms with Crippen LogP contribution in [0.15, 0.2) is 0 Å². The van der Waals surface area contributed by atoms with Crippen molar-refractivity contribution >= 4 is 29.6 Å². The predicted octanol–water partition coefficient (Wildman–Crippen LogP) is 3.45. The van der Waals surface area contributed by atoms with Gasteiger partial charge in [0.1, 0.15) is 17.7 Å². The Bertz CT molecular complexity index is 1050. The van der Waals surface area contributed by atoms with Crippen LogP contribution in [-0.2, 0) is 23.9 Å². The van der Waals surface area contributed by atoms with Crippen LogP contribution in [0.3, 0.4) is 0 Å². The SMILES string of the molecule is CC(C)(C)OC(=O)N[C@H](C(=O)N1CC2(CC2C2CCCC2)C[C@H]1C(=O)NC(CC1CCC1)C(=O)C(N)=O)C(C)(C)C. The number of hydrogen-bond acceptors (Lipinski definition) is 6.